The second-order valence-electron chi connectivity index (χ2n) is 14.6. The third-order valence-corrected chi connectivity index (χ3v) is 11.8. The van der Waals surface area contributed by atoms with E-state index in [1.54, 1.807) is 24.0 Å². The lowest BCUT2D eigenvalue weighted by molar-refractivity contribution is -0.162. The summed E-state index contributed by atoms with van der Waals surface area (Å²) in [7, 11) is 0. The normalized spacial score (nSPS) is 26.2. The second-order valence-corrected chi connectivity index (χ2v) is 15.8. The molecular formula is C42H48BrN3O7. The van der Waals surface area contributed by atoms with Gasteiger partial charge in [-0.15, -0.1) is 13.2 Å². The predicted octanol–water partition coefficient (Wildman–Crippen LogP) is 5.88. The average molecular weight is 787 g/mol. The first-order valence-electron chi connectivity index (χ1n) is 18.3. The Morgan fingerprint density at radius 3 is 2.42 bits per heavy atom. The summed E-state index contributed by atoms with van der Waals surface area (Å²) in [4.78, 5) is 60.1. The van der Waals surface area contributed by atoms with Crippen molar-refractivity contribution in [3.05, 3.63) is 104 Å². The van der Waals surface area contributed by atoms with Gasteiger partial charge in [-0.2, -0.15) is 0 Å². The molecule has 3 saturated heterocycles. The monoisotopic (exact) mass is 785 g/mol. The van der Waals surface area contributed by atoms with E-state index < -0.39 is 59.6 Å². The van der Waals surface area contributed by atoms with Crippen LogP contribution < -0.4 is 10.2 Å². The number of ether oxygens (including phenoxy) is 2. The lowest BCUT2D eigenvalue weighted by Crippen LogP contribution is -2.60. The van der Waals surface area contributed by atoms with Crippen molar-refractivity contribution in [2.24, 2.45) is 17.8 Å². The van der Waals surface area contributed by atoms with E-state index in [0.29, 0.717) is 24.1 Å². The molecule has 3 fully saturated rings. The Kier molecular flexibility index (Phi) is 11.6. The van der Waals surface area contributed by atoms with Gasteiger partial charge in [-0.1, -0.05) is 103 Å². The van der Waals surface area contributed by atoms with Crippen LogP contribution in [0.1, 0.15) is 51.7 Å². The fraction of sp³-hybridized carbons (Fsp3) is 0.429. The number of nitrogens with zero attached hydrogens (tertiary/aromatic N) is 2. The molecule has 280 valence electrons. The minimum Gasteiger partial charge on any atom is -0.455 e. The number of allylic oxidation sites excluding steroid dienone is 1. The molecule has 3 amide bonds. The SMILES string of the molecule is C=CCCC(=O)N[C@H](C)[C@@H](OC(=O)[C@@H]1[C@H]2O[C@@]3(CC2Br)[C@H](C(=O)N(CC=C)c2ccc4ccccc4c2)N([C@@H](CO)C(C)C)C(=O)[C@@H]13)c1ccccc1. The molecule has 3 aliphatic heterocycles. The van der Waals surface area contributed by atoms with Crippen molar-refractivity contribution in [2.75, 3.05) is 18.1 Å². The maximum Gasteiger partial charge on any atom is 0.313 e. The maximum absolute atomic E-state index is 15.2. The summed E-state index contributed by atoms with van der Waals surface area (Å²) in [5, 5.41) is 15.6. The minimum atomic E-state index is -1.39. The molecule has 3 aromatic rings. The Hall–Kier alpha value is -4.32. The number of halogens is 1. The van der Waals surface area contributed by atoms with Crippen LogP contribution in [0.5, 0.6) is 0 Å². The number of carbonyl (C=O) groups excluding carboxylic acids is 4. The van der Waals surface area contributed by atoms with E-state index in [1.807, 2.05) is 86.6 Å². The third kappa shape index (κ3) is 7.06. The molecule has 10 nitrogen and oxygen atoms in total. The lowest BCUT2D eigenvalue weighted by Gasteiger charge is -2.40. The van der Waals surface area contributed by atoms with Gasteiger partial charge in [0.25, 0.3) is 5.91 Å². The number of esters is 1. The third-order valence-electron chi connectivity index (χ3n) is 11.0. The van der Waals surface area contributed by atoms with Crippen LogP contribution in [-0.4, -0.2) is 81.5 Å². The Morgan fingerprint density at radius 2 is 1.75 bits per heavy atom. The molecule has 11 heteroatoms. The molecule has 53 heavy (non-hydrogen) atoms. The molecule has 1 spiro atoms. The number of hydrogen-bond donors (Lipinski definition) is 2. The molecule has 1 unspecified atom stereocenters. The highest BCUT2D eigenvalue weighted by molar-refractivity contribution is 9.09. The fourth-order valence-corrected chi connectivity index (χ4v) is 9.42. The van der Waals surface area contributed by atoms with Gasteiger partial charge in [-0.25, -0.2) is 0 Å². The van der Waals surface area contributed by atoms with Crippen molar-refractivity contribution >= 4 is 56.1 Å². The summed E-state index contributed by atoms with van der Waals surface area (Å²) < 4.78 is 13.1. The van der Waals surface area contributed by atoms with Crippen LogP contribution in [0.25, 0.3) is 10.8 Å². The molecular weight excluding hydrogens is 738 g/mol. The number of amides is 3. The number of aliphatic hydroxyl groups is 1. The van der Waals surface area contributed by atoms with Crippen molar-refractivity contribution in [1.82, 2.24) is 10.2 Å². The van der Waals surface area contributed by atoms with E-state index in [1.165, 1.54) is 4.90 Å². The van der Waals surface area contributed by atoms with Crippen LogP contribution >= 0.6 is 15.9 Å². The van der Waals surface area contributed by atoms with Gasteiger partial charge in [-0.3, -0.25) is 19.2 Å². The van der Waals surface area contributed by atoms with Gasteiger partial charge in [0.2, 0.25) is 11.8 Å². The summed E-state index contributed by atoms with van der Waals surface area (Å²) in [5.74, 6) is -4.02. The van der Waals surface area contributed by atoms with Crippen LogP contribution in [0.4, 0.5) is 5.69 Å². The Bertz CT molecular complexity index is 1870. The topological polar surface area (TPSA) is 125 Å². The lowest BCUT2D eigenvalue weighted by atomic mass is 9.70. The number of alkyl halides is 1. The molecule has 3 aliphatic rings. The number of likely N-dealkylation sites (tertiary alicyclic amines) is 1. The summed E-state index contributed by atoms with van der Waals surface area (Å²) in [6.45, 7) is 12.9. The number of fused-ring (bicyclic) bond motifs is 2. The highest BCUT2D eigenvalue weighted by atomic mass is 79.9. The summed E-state index contributed by atoms with van der Waals surface area (Å²) in [6.07, 6.45) is 2.70. The average Bonchev–Trinajstić information content (AvgIpc) is 3.75. The second kappa shape index (κ2) is 16.0. The number of aliphatic hydroxyl groups excluding tert-OH is 1. The predicted molar refractivity (Wildman–Crippen MR) is 207 cm³/mol. The standard InChI is InChI=1S/C42H48BrN3O7/c1-6-8-18-33(48)44-26(5)36(28-15-10-9-11-16-28)52-41(51)34-35-39(49)46(32(24-47)25(3)4)38(42(35)23-31(43)37(34)53-42)40(50)45(21-7-2)30-20-19-27-14-12-13-17-29(27)22-30/h6-7,9-17,19-20,22,25-26,31-32,34-38,47H,1-2,8,18,21,23-24H2,3-5H3,(H,44,48)/t26-,31?,32+,34+,35-,36-,37+,38+,42-/m1/s1. The molecule has 9 atom stereocenters. The molecule has 0 saturated carbocycles. The van der Waals surface area contributed by atoms with Crippen LogP contribution in [0, 0.1) is 17.8 Å². The zero-order valence-electron chi connectivity index (χ0n) is 30.4. The fourth-order valence-electron chi connectivity index (χ4n) is 8.48. The Balaban J connectivity index is 1.39. The van der Waals surface area contributed by atoms with Gasteiger partial charge in [0.15, 0.2) is 0 Å². The van der Waals surface area contributed by atoms with Crippen LogP contribution in [0.2, 0.25) is 0 Å². The van der Waals surface area contributed by atoms with Crippen molar-refractivity contribution in [3.8, 4) is 0 Å². The van der Waals surface area contributed by atoms with Crippen molar-refractivity contribution < 1.29 is 33.8 Å². The number of nitrogens with one attached hydrogen (secondary N) is 1. The van der Waals surface area contributed by atoms with Gasteiger partial charge >= 0.3 is 5.97 Å². The van der Waals surface area contributed by atoms with E-state index in [0.717, 1.165) is 10.8 Å². The van der Waals surface area contributed by atoms with Gasteiger partial charge in [0, 0.05) is 23.5 Å². The molecule has 0 radical (unpaired) electrons. The number of hydrogen-bond acceptors (Lipinski definition) is 7. The molecule has 0 aromatic heterocycles. The summed E-state index contributed by atoms with van der Waals surface area (Å²) in [5.41, 5.74) is -0.0866. The molecule has 6 rings (SSSR count). The minimum absolute atomic E-state index is 0.156. The molecule has 0 aliphatic carbocycles. The number of carbonyl (C=O) groups is 4. The van der Waals surface area contributed by atoms with E-state index in [9.17, 15) is 19.5 Å². The first kappa shape index (κ1) is 38.4. The molecule has 3 heterocycles. The zero-order chi connectivity index (χ0) is 38.0. The van der Waals surface area contributed by atoms with E-state index in [-0.39, 0.29) is 42.1 Å². The number of rotatable bonds is 15. The first-order valence-corrected chi connectivity index (χ1v) is 19.2. The largest absolute Gasteiger partial charge is 0.455 e. The van der Waals surface area contributed by atoms with Crippen molar-refractivity contribution in [1.29, 1.82) is 0 Å². The van der Waals surface area contributed by atoms with Gasteiger partial charge in [0.1, 0.15) is 17.7 Å². The maximum atomic E-state index is 15.2. The van der Waals surface area contributed by atoms with Crippen LogP contribution in [0.3, 0.4) is 0 Å². The van der Waals surface area contributed by atoms with Crippen molar-refractivity contribution in [2.45, 2.75) is 80.8 Å². The smallest absolute Gasteiger partial charge is 0.313 e. The van der Waals surface area contributed by atoms with E-state index in [2.05, 4.69) is 34.4 Å². The van der Waals surface area contributed by atoms with E-state index in [4.69, 9.17) is 9.47 Å². The Labute approximate surface area is 319 Å². The van der Waals surface area contributed by atoms with Crippen LogP contribution in [-0.2, 0) is 28.7 Å². The highest BCUT2D eigenvalue weighted by Crippen LogP contribution is 2.61. The molecule has 2 bridgehead atoms. The highest BCUT2D eigenvalue weighted by Gasteiger charge is 2.77. The number of anilines is 1. The molecule has 2 N–H and O–H groups in total. The van der Waals surface area contributed by atoms with Gasteiger partial charge < -0.3 is 29.7 Å². The summed E-state index contributed by atoms with van der Waals surface area (Å²) in [6, 6.07) is 20.3. The van der Waals surface area contributed by atoms with E-state index >= 15 is 4.79 Å². The summed E-state index contributed by atoms with van der Waals surface area (Å²) >= 11 is 3.75. The van der Waals surface area contributed by atoms with Gasteiger partial charge in [0.05, 0.1) is 36.6 Å². The Morgan fingerprint density at radius 1 is 1.06 bits per heavy atom. The van der Waals surface area contributed by atoms with Gasteiger partial charge in [-0.05, 0) is 54.2 Å². The quantitative estimate of drug-likeness (QED) is 0.112. The van der Waals surface area contributed by atoms with Crippen LogP contribution in [0.15, 0.2) is 98.1 Å². The zero-order valence-corrected chi connectivity index (χ0v) is 32.0. The van der Waals surface area contributed by atoms with Crippen molar-refractivity contribution in [3.63, 3.8) is 0 Å². The molecule has 3 aromatic carbocycles. The first-order chi connectivity index (χ1) is 25.5. The number of benzene rings is 3.